The summed E-state index contributed by atoms with van der Waals surface area (Å²) in [4.78, 5) is 11.6. The molecule has 0 saturated carbocycles. The van der Waals surface area contributed by atoms with Crippen molar-refractivity contribution in [3.8, 4) is 0 Å². The predicted octanol–water partition coefficient (Wildman–Crippen LogP) is 3.20. The second-order valence-corrected chi connectivity index (χ2v) is 8.44. The SMILES string of the molecule is CC(C)(C)SSCNC(=O)C(C)(C)CS. The van der Waals surface area contributed by atoms with Gasteiger partial charge in [0.15, 0.2) is 0 Å². The van der Waals surface area contributed by atoms with Gasteiger partial charge in [0.05, 0.1) is 11.3 Å². The highest BCUT2D eigenvalue weighted by atomic mass is 33.1. The summed E-state index contributed by atoms with van der Waals surface area (Å²) in [6.45, 7) is 10.3. The molecule has 0 unspecified atom stereocenters. The Morgan fingerprint density at radius 3 is 2.20 bits per heavy atom. The molecular weight excluding hydrogens is 246 g/mol. The van der Waals surface area contributed by atoms with Gasteiger partial charge in [-0.1, -0.05) is 56.2 Å². The number of thiol groups is 1. The first-order chi connectivity index (χ1) is 6.69. The van der Waals surface area contributed by atoms with Crippen molar-refractivity contribution in [3.63, 3.8) is 0 Å². The fourth-order valence-electron chi connectivity index (χ4n) is 0.612. The summed E-state index contributed by atoms with van der Waals surface area (Å²) in [6, 6.07) is 0. The van der Waals surface area contributed by atoms with Gasteiger partial charge in [-0.25, -0.2) is 0 Å². The van der Waals surface area contributed by atoms with Crippen molar-refractivity contribution >= 4 is 40.1 Å². The molecule has 0 heterocycles. The lowest BCUT2D eigenvalue weighted by Gasteiger charge is -2.21. The molecule has 1 N–H and O–H groups in total. The first-order valence-electron chi connectivity index (χ1n) is 4.89. The van der Waals surface area contributed by atoms with Crippen LogP contribution in [-0.2, 0) is 4.79 Å². The molecule has 0 bridgehead atoms. The Labute approximate surface area is 107 Å². The molecular formula is C10H21NOS3. The zero-order valence-electron chi connectivity index (χ0n) is 10.1. The van der Waals surface area contributed by atoms with Gasteiger partial charge >= 0.3 is 0 Å². The van der Waals surface area contributed by atoms with E-state index in [0.717, 1.165) is 0 Å². The molecule has 0 aromatic heterocycles. The third kappa shape index (κ3) is 7.41. The van der Waals surface area contributed by atoms with E-state index in [0.29, 0.717) is 11.6 Å². The van der Waals surface area contributed by atoms with Crippen molar-refractivity contribution < 1.29 is 4.79 Å². The average molecular weight is 267 g/mol. The van der Waals surface area contributed by atoms with E-state index in [1.165, 1.54) is 0 Å². The van der Waals surface area contributed by atoms with Crippen molar-refractivity contribution in [1.29, 1.82) is 0 Å². The van der Waals surface area contributed by atoms with E-state index in [2.05, 4.69) is 38.7 Å². The monoisotopic (exact) mass is 267 g/mol. The quantitative estimate of drug-likeness (QED) is 0.347. The van der Waals surface area contributed by atoms with Crippen LogP contribution in [0, 0.1) is 5.41 Å². The van der Waals surface area contributed by atoms with Gasteiger partial charge in [0, 0.05) is 10.5 Å². The molecule has 0 rings (SSSR count). The maximum absolute atomic E-state index is 11.6. The van der Waals surface area contributed by atoms with Crippen LogP contribution in [0.1, 0.15) is 34.6 Å². The van der Waals surface area contributed by atoms with Gasteiger partial charge in [-0.15, -0.1) is 0 Å². The van der Waals surface area contributed by atoms with Crippen LogP contribution in [0.4, 0.5) is 0 Å². The van der Waals surface area contributed by atoms with Crippen LogP contribution < -0.4 is 5.32 Å². The van der Waals surface area contributed by atoms with Gasteiger partial charge in [0.1, 0.15) is 0 Å². The van der Waals surface area contributed by atoms with Crippen molar-refractivity contribution in [2.75, 3.05) is 11.6 Å². The lowest BCUT2D eigenvalue weighted by Crippen LogP contribution is -2.37. The van der Waals surface area contributed by atoms with Crippen LogP contribution >= 0.6 is 34.2 Å². The standard InChI is InChI=1S/C10H21NOS3/c1-9(2,3)15-14-7-11-8(12)10(4,5)6-13/h13H,6-7H2,1-5H3,(H,11,12). The molecule has 0 atom stereocenters. The molecule has 0 saturated heterocycles. The summed E-state index contributed by atoms with van der Waals surface area (Å²) in [6.07, 6.45) is 0. The van der Waals surface area contributed by atoms with Crippen LogP contribution in [0.5, 0.6) is 0 Å². The number of carbonyl (C=O) groups is 1. The number of carbonyl (C=O) groups excluding carboxylic acids is 1. The van der Waals surface area contributed by atoms with E-state index in [4.69, 9.17) is 0 Å². The molecule has 1 amide bonds. The van der Waals surface area contributed by atoms with Crippen LogP contribution in [0.2, 0.25) is 0 Å². The summed E-state index contributed by atoms with van der Waals surface area (Å²) in [5.74, 6) is 1.29. The molecule has 0 aliphatic rings. The van der Waals surface area contributed by atoms with Gasteiger partial charge in [0.2, 0.25) is 5.91 Å². The number of hydrogen-bond acceptors (Lipinski definition) is 4. The van der Waals surface area contributed by atoms with Gasteiger partial charge in [0.25, 0.3) is 0 Å². The van der Waals surface area contributed by atoms with Gasteiger partial charge in [-0.05, 0) is 0 Å². The van der Waals surface area contributed by atoms with E-state index in [9.17, 15) is 4.79 Å². The minimum Gasteiger partial charge on any atom is -0.346 e. The molecule has 2 nitrogen and oxygen atoms in total. The van der Waals surface area contributed by atoms with E-state index in [1.54, 1.807) is 21.6 Å². The summed E-state index contributed by atoms with van der Waals surface area (Å²) in [7, 11) is 3.45. The Morgan fingerprint density at radius 2 is 1.80 bits per heavy atom. The smallest absolute Gasteiger partial charge is 0.227 e. The second kappa shape index (κ2) is 6.30. The van der Waals surface area contributed by atoms with E-state index in [1.807, 2.05) is 13.8 Å². The predicted molar refractivity (Wildman–Crippen MR) is 75.6 cm³/mol. The van der Waals surface area contributed by atoms with Crippen LogP contribution in [0.25, 0.3) is 0 Å². The number of nitrogens with one attached hydrogen (secondary N) is 1. The van der Waals surface area contributed by atoms with Gasteiger partial charge in [-0.2, -0.15) is 12.6 Å². The lowest BCUT2D eigenvalue weighted by molar-refractivity contribution is -0.127. The highest BCUT2D eigenvalue weighted by Gasteiger charge is 2.25. The van der Waals surface area contributed by atoms with Crippen LogP contribution in [0.3, 0.4) is 0 Å². The second-order valence-electron chi connectivity index (χ2n) is 5.01. The Morgan fingerprint density at radius 1 is 1.27 bits per heavy atom. The molecule has 0 fully saturated rings. The molecule has 0 radical (unpaired) electrons. The van der Waals surface area contributed by atoms with Crippen molar-refractivity contribution in [1.82, 2.24) is 5.32 Å². The topological polar surface area (TPSA) is 29.1 Å². The van der Waals surface area contributed by atoms with Crippen molar-refractivity contribution in [2.24, 2.45) is 5.41 Å². The van der Waals surface area contributed by atoms with Gasteiger partial charge < -0.3 is 5.32 Å². The summed E-state index contributed by atoms with van der Waals surface area (Å²) < 4.78 is 0.231. The molecule has 0 spiro atoms. The minimum atomic E-state index is -0.379. The van der Waals surface area contributed by atoms with Crippen molar-refractivity contribution in [3.05, 3.63) is 0 Å². The highest BCUT2D eigenvalue weighted by molar-refractivity contribution is 8.77. The normalized spacial score (nSPS) is 12.7. The molecule has 0 aromatic rings. The fourth-order valence-corrected chi connectivity index (χ4v) is 2.77. The zero-order chi connectivity index (χ0) is 12.1. The first-order valence-corrected chi connectivity index (χ1v) is 7.84. The van der Waals surface area contributed by atoms with Crippen LogP contribution in [0.15, 0.2) is 0 Å². The first kappa shape index (κ1) is 15.5. The number of amides is 1. The summed E-state index contributed by atoms with van der Waals surface area (Å²) in [5, 5.41) is 2.90. The van der Waals surface area contributed by atoms with Gasteiger partial charge in [-0.3, -0.25) is 4.79 Å². The molecule has 0 aliphatic heterocycles. The Balaban J connectivity index is 3.74. The Bertz CT molecular complexity index is 211. The average Bonchev–Trinajstić information content (AvgIpc) is 2.10. The minimum absolute atomic E-state index is 0.0690. The molecule has 0 aromatic carbocycles. The lowest BCUT2D eigenvalue weighted by atomic mass is 9.95. The largest absolute Gasteiger partial charge is 0.346 e. The fraction of sp³-hybridized carbons (Fsp3) is 0.900. The van der Waals surface area contributed by atoms with E-state index in [-0.39, 0.29) is 16.1 Å². The molecule has 15 heavy (non-hydrogen) atoms. The van der Waals surface area contributed by atoms with E-state index < -0.39 is 0 Å². The third-order valence-electron chi connectivity index (χ3n) is 1.61. The highest BCUT2D eigenvalue weighted by Crippen LogP contribution is 2.34. The van der Waals surface area contributed by atoms with E-state index >= 15 is 0 Å². The summed E-state index contributed by atoms with van der Waals surface area (Å²) in [5.41, 5.74) is -0.379. The third-order valence-corrected chi connectivity index (χ3v) is 5.49. The van der Waals surface area contributed by atoms with Crippen LogP contribution in [-0.4, -0.2) is 22.3 Å². The zero-order valence-corrected chi connectivity index (χ0v) is 12.6. The summed E-state index contributed by atoms with van der Waals surface area (Å²) >= 11 is 4.16. The molecule has 0 aliphatic carbocycles. The molecule has 5 heteroatoms. The maximum atomic E-state index is 11.6. The number of hydrogen-bond donors (Lipinski definition) is 2. The number of rotatable bonds is 5. The van der Waals surface area contributed by atoms with Crippen molar-refractivity contribution in [2.45, 2.75) is 39.4 Å². The molecule has 90 valence electrons. The maximum Gasteiger partial charge on any atom is 0.227 e. The Kier molecular flexibility index (Phi) is 6.52. The Hall–Kier alpha value is 0.520.